The lowest BCUT2D eigenvalue weighted by molar-refractivity contribution is -0.384. The quantitative estimate of drug-likeness (QED) is 0.219. The summed E-state index contributed by atoms with van der Waals surface area (Å²) in [7, 11) is 0. The lowest BCUT2D eigenvalue weighted by Gasteiger charge is -2.07. The highest BCUT2D eigenvalue weighted by Crippen LogP contribution is 2.29. The molecule has 0 fully saturated rings. The van der Waals surface area contributed by atoms with Crippen LogP contribution < -0.4 is 5.32 Å². The molecule has 2 aromatic heterocycles. The fourth-order valence-corrected chi connectivity index (χ4v) is 4.34. The summed E-state index contributed by atoms with van der Waals surface area (Å²) in [6, 6.07) is 28.4. The number of benzene rings is 3. The van der Waals surface area contributed by atoms with Crippen molar-refractivity contribution in [3.05, 3.63) is 112 Å². The normalized spacial score (nSPS) is 10.7. The van der Waals surface area contributed by atoms with E-state index in [-0.39, 0.29) is 5.69 Å². The molecule has 1 N–H and O–H groups in total. The summed E-state index contributed by atoms with van der Waals surface area (Å²) < 4.78 is 0. The van der Waals surface area contributed by atoms with Crippen LogP contribution in [0.1, 0.15) is 5.56 Å². The number of nitrogens with zero attached hydrogens (tertiary/aromatic N) is 4. The molecule has 0 saturated carbocycles. The first kappa shape index (κ1) is 21.4. The molecule has 0 aliphatic heterocycles. The number of anilines is 1. The third kappa shape index (κ3) is 4.82. The second-order valence-electron chi connectivity index (χ2n) is 7.57. The number of nitro groups is 1. The van der Waals surface area contributed by atoms with E-state index in [0.717, 1.165) is 27.4 Å². The Bertz CT molecular complexity index is 1440. The van der Waals surface area contributed by atoms with E-state index in [0.29, 0.717) is 23.6 Å². The summed E-state index contributed by atoms with van der Waals surface area (Å²) in [5.41, 5.74) is 5.50. The fourth-order valence-electron chi connectivity index (χ4n) is 3.51. The Kier molecular flexibility index (Phi) is 6.05. The minimum atomic E-state index is -0.421. The van der Waals surface area contributed by atoms with Gasteiger partial charge in [0.1, 0.15) is 10.8 Å². The molecular formula is C26H19N5O2S. The molecule has 3 aromatic carbocycles. The smallest absolute Gasteiger partial charge is 0.270 e. The Labute approximate surface area is 199 Å². The number of aromatic nitrogens is 3. The summed E-state index contributed by atoms with van der Waals surface area (Å²) >= 11 is 1.63. The van der Waals surface area contributed by atoms with E-state index in [1.807, 2.05) is 36.4 Å². The standard InChI is InChI=1S/C26H19N5O2S/c32-31(33)22-11-5-9-20(15-22)23-12-13-25(30-29-23)27-16-18-6-4-10-21(14-18)26-28-24(17-34-26)19-7-2-1-3-8-19/h1-15,17H,16H2,(H,27,30). The molecule has 2 heterocycles. The third-order valence-corrected chi connectivity index (χ3v) is 6.13. The van der Waals surface area contributed by atoms with Crippen LogP contribution in [0.25, 0.3) is 33.1 Å². The van der Waals surface area contributed by atoms with Crippen molar-refractivity contribution in [2.45, 2.75) is 6.54 Å². The molecular weight excluding hydrogens is 446 g/mol. The molecule has 8 heteroatoms. The molecule has 0 amide bonds. The molecule has 0 unspecified atom stereocenters. The molecule has 0 aliphatic carbocycles. The maximum absolute atomic E-state index is 11.0. The fraction of sp³-hybridized carbons (Fsp3) is 0.0385. The van der Waals surface area contributed by atoms with Crippen LogP contribution in [0, 0.1) is 10.1 Å². The van der Waals surface area contributed by atoms with Gasteiger partial charge in [0.15, 0.2) is 0 Å². The highest BCUT2D eigenvalue weighted by Gasteiger charge is 2.09. The van der Waals surface area contributed by atoms with E-state index >= 15 is 0 Å². The maximum Gasteiger partial charge on any atom is 0.270 e. The number of rotatable bonds is 7. The largest absolute Gasteiger partial charge is 0.365 e. The van der Waals surface area contributed by atoms with Gasteiger partial charge >= 0.3 is 0 Å². The van der Waals surface area contributed by atoms with Gasteiger partial charge in [-0.2, -0.15) is 0 Å². The Morgan fingerprint density at radius 2 is 1.59 bits per heavy atom. The van der Waals surface area contributed by atoms with Gasteiger partial charge in [-0.25, -0.2) is 4.98 Å². The van der Waals surface area contributed by atoms with Crippen molar-refractivity contribution in [3.63, 3.8) is 0 Å². The van der Waals surface area contributed by atoms with Crippen LogP contribution in [0.5, 0.6) is 0 Å². The van der Waals surface area contributed by atoms with Crippen LogP contribution in [-0.2, 0) is 6.54 Å². The molecule has 34 heavy (non-hydrogen) atoms. The van der Waals surface area contributed by atoms with Crippen molar-refractivity contribution in [2.75, 3.05) is 5.32 Å². The zero-order chi connectivity index (χ0) is 23.3. The predicted octanol–water partition coefficient (Wildman–Crippen LogP) is 6.45. The maximum atomic E-state index is 11.0. The second-order valence-corrected chi connectivity index (χ2v) is 8.43. The lowest BCUT2D eigenvalue weighted by Crippen LogP contribution is -2.02. The van der Waals surface area contributed by atoms with Crippen molar-refractivity contribution in [1.82, 2.24) is 15.2 Å². The Morgan fingerprint density at radius 1 is 0.794 bits per heavy atom. The van der Waals surface area contributed by atoms with Gasteiger partial charge in [-0.05, 0) is 23.8 Å². The average molecular weight is 466 g/mol. The van der Waals surface area contributed by atoms with Crippen molar-refractivity contribution >= 4 is 22.8 Å². The minimum Gasteiger partial charge on any atom is -0.365 e. The number of non-ortho nitro benzene ring substituents is 1. The van der Waals surface area contributed by atoms with E-state index < -0.39 is 4.92 Å². The number of hydrogen-bond acceptors (Lipinski definition) is 7. The van der Waals surface area contributed by atoms with Crippen LogP contribution in [0.2, 0.25) is 0 Å². The third-order valence-electron chi connectivity index (χ3n) is 5.24. The van der Waals surface area contributed by atoms with E-state index in [9.17, 15) is 10.1 Å². The Morgan fingerprint density at radius 3 is 2.38 bits per heavy atom. The van der Waals surface area contributed by atoms with E-state index in [1.54, 1.807) is 29.5 Å². The molecule has 166 valence electrons. The minimum absolute atomic E-state index is 0.0255. The van der Waals surface area contributed by atoms with Gasteiger partial charge in [0.2, 0.25) is 0 Å². The lowest BCUT2D eigenvalue weighted by atomic mass is 10.1. The first-order valence-electron chi connectivity index (χ1n) is 10.6. The first-order valence-corrected chi connectivity index (χ1v) is 11.5. The Hall–Kier alpha value is -4.43. The zero-order valence-corrected chi connectivity index (χ0v) is 18.8. The molecule has 7 nitrogen and oxygen atoms in total. The van der Waals surface area contributed by atoms with Crippen molar-refractivity contribution < 1.29 is 4.92 Å². The summed E-state index contributed by atoms with van der Waals surface area (Å²) in [5.74, 6) is 0.625. The molecule has 0 atom stereocenters. The van der Waals surface area contributed by atoms with Crippen molar-refractivity contribution in [3.8, 4) is 33.1 Å². The van der Waals surface area contributed by atoms with Crippen LogP contribution in [0.3, 0.4) is 0 Å². The van der Waals surface area contributed by atoms with Gasteiger partial charge in [0.25, 0.3) is 5.69 Å². The summed E-state index contributed by atoms with van der Waals surface area (Å²) in [4.78, 5) is 15.4. The first-order chi connectivity index (χ1) is 16.7. The molecule has 0 aliphatic rings. The van der Waals surface area contributed by atoms with Gasteiger partial charge in [0.05, 0.1) is 16.3 Å². The van der Waals surface area contributed by atoms with Crippen LogP contribution in [0.15, 0.2) is 96.4 Å². The predicted molar refractivity (Wildman–Crippen MR) is 134 cm³/mol. The monoisotopic (exact) mass is 465 g/mol. The van der Waals surface area contributed by atoms with Crippen molar-refractivity contribution in [2.24, 2.45) is 0 Å². The highest BCUT2D eigenvalue weighted by atomic mass is 32.1. The SMILES string of the molecule is O=[N+]([O-])c1cccc(-c2ccc(NCc3cccc(-c4nc(-c5ccccc5)cs4)c3)nn2)c1. The topological polar surface area (TPSA) is 93.8 Å². The van der Waals surface area contributed by atoms with Crippen LogP contribution in [0.4, 0.5) is 11.5 Å². The summed E-state index contributed by atoms with van der Waals surface area (Å²) in [6.07, 6.45) is 0. The molecule has 0 bridgehead atoms. The zero-order valence-electron chi connectivity index (χ0n) is 18.0. The van der Waals surface area contributed by atoms with Crippen LogP contribution >= 0.6 is 11.3 Å². The molecule has 0 spiro atoms. The summed E-state index contributed by atoms with van der Waals surface area (Å²) in [5, 5.41) is 25.8. The van der Waals surface area contributed by atoms with E-state index in [4.69, 9.17) is 4.98 Å². The Balaban J connectivity index is 1.26. The summed E-state index contributed by atoms with van der Waals surface area (Å²) in [6.45, 7) is 0.579. The number of nitro benzene ring substituents is 1. The van der Waals surface area contributed by atoms with Gasteiger partial charge in [-0.3, -0.25) is 10.1 Å². The van der Waals surface area contributed by atoms with E-state index in [2.05, 4.69) is 45.2 Å². The second kappa shape index (κ2) is 9.60. The van der Waals surface area contributed by atoms with Crippen molar-refractivity contribution in [1.29, 1.82) is 0 Å². The average Bonchev–Trinajstić information content (AvgIpc) is 3.39. The number of nitrogens with one attached hydrogen (secondary N) is 1. The number of thiazole rings is 1. The van der Waals surface area contributed by atoms with E-state index in [1.165, 1.54) is 12.1 Å². The van der Waals surface area contributed by atoms with Gasteiger partial charge in [-0.15, -0.1) is 21.5 Å². The van der Waals surface area contributed by atoms with Gasteiger partial charge < -0.3 is 5.32 Å². The molecule has 5 rings (SSSR count). The van der Waals surface area contributed by atoms with Gasteiger partial charge in [0, 0.05) is 40.7 Å². The molecule has 0 radical (unpaired) electrons. The van der Waals surface area contributed by atoms with Gasteiger partial charge in [-0.1, -0.05) is 60.7 Å². The molecule has 5 aromatic rings. The van der Waals surface area contributed by atoms with Crippen LogP contribution in [-0.4, -0.2) is 20.1 Å². The molecule has 0 saturated heterocycles. The number of hydrogen-bond donors (Lipinski definition) is 1. The highest BCUT2D eigenvalue weighted by molar-refractivity contribution is 7.13.